The fraction of sp³-hybridized carbons (Fsp3) is 0.182. The maximum Gasteiger partial charge on any atom is 0.123 e. The molecule has 0 atom stereocenters. The molecule has 0 unspecified atom stereocenters. The van der Waals surface area contributed by atoms with Gasteiger partial charge in [-0.05, 0) is 65.8 Å². The Bertz CT molecular complexity index is 871. The predicted octanol–water partition coefficient (Wildman–Crippen LogP) is 5.14. The summed E-state index contributed by atoms with van der Waals surface area (Å²) in [6, 6.07) is 17.7. The zero-order chi connectivity index (χ0) is 17.3. The van der Waals surface area contributed by atoms with Crippen LogP contribution in [0, 0.1) is 20.8 Å². The first-order valence-corrected chi connectivity index (χ1v) is 8.12. The summed E-state index contributed by atoms with van der Waals surface area (Å²) in [6.07, 6.45) is 0. The number of phenols is 1. The number of aromatic hydroxyl groups is 1. The molecule has 2 N–H and O–H groups in total. The Hall–Kier alpha value is -2.58. The molecule has 0 heterocycles. The zero-order valence-electron chi connectivity index (χ0n) is 14.3. The van der Waals surface area contributed by atoms with Crippen LogP contribution in [0.2, 0.25) is 0 Å². The molecule has 0 saturated heterocycles. The van der Waals surface area contributed by atoms with Gasteiger partial charge in [0.05, 0.1) is 6.61 Å². The topological polar surface area (TPSA) is 40.5 Å². The molecule has 0 amide bonds. The van der Waals surface area contributed by atoms with Crippen LogP contribution in [0.1, 0.15) is 22.3 Å². The predicted molar refractivity (Wildman–Crippen MR) is 99.1 cm³/mol. The standard InChI is InChI=1S/C22H22O2/c1-14-11-18(20-8-4-5-10-21(20)24)12-15(2)22(14)19-9-6-7-17(13-23)16(19)3/h4-12,23-24H,13H2,1-3H3. The van der Waals surface area contributed by atoms with Gasteiger partial charge in [-0.15, -0.1) is 0 Å². The average molecular weight is 318 g/mol. The summed E-state index contributed by atoms with van der Waals surface area (Å²) in [5, 5.41) is 19.6. The molecule has 2 heteroatoms. The van der Waals surface area contributed by atoms with E-state index in [1.54, 1.807) is 6.07 Å². The van der Waals surface area contributed by atoms with Crippen molar-refractivity contribution in [3.8, 4) is 28.0 Å². The highest BCUT2D eigenvalue weighted by molar-refractivity contribution is 5.80. The Balaban J connectivity index is 2.18. The van der Waals surface area contributed by atoms with Gasteiger partial charge in [0.1, 0.15) is 5.75 Å². The Morgan fingerprint density at radius 3 is 2.04 bits per heavy atom. The molecular formula is C22H22O2. The van der Waals surface area contributed by atoms with E-state index in [-0.39, 0.29) is 6.61 Å². The van der Waals surface area contributed by atoms with Crippen LogP contribution in [0.15, 0.2) is 54.6 Å². The number of benzene rings is 3. The maximum absolute atomic E-state index is 10.1. The van der Waals surface area contributed by atoms with Gasteiger partial charge in [0, 0.05) is 5.56 Å². The van der Waals surface area contributed by atoms with E-state index in [1.165, 1.54) is 5.56 Å². The second-order valence-electron chi connectivity index (χ2n) is 6.25. The molecular weight excluding hydrogens is 296 g/mol. The molecule has 0 aliphatic carbocycles. The normalized spacial score (nSPS) is 10.8. The molecule has 0 aromatic heterocycles. The molecule has 3 aromatic rings. The highest BCUT2D eigenvalue weighted by Gasteiger charge is 2.13. The van der Waals surface area contributed by atoms with E-state index in [4.69, 9.17) is 0 Å². The molecule has 3 aromatic carbocycles. The van der Waals surface area contributed by atoms with Crippen molar-refractivity contribution in [3.63, 3.8) is 0 Å². The molecule has 0 spiro atoms. The van der Waals surface area contributed by atoms with Crippen LogP contribution < -0.4 is 0 Å². The molecule has 0 radical (unpaired) electrons. The van der Waals surface area contributed by atoms with Crippen molar-refractivity contribution in [2.45, 2.75) is 27.4 Å². The molecule has 2 nitrogen and oxygen atoms in total. The smallest absolute Gasteiger partial charge is 0.123 e. The summed E-state index contributed by atoms with van der Waals surface area (Å²) in [5.74, 6) is 0.294. The average Bonchev–Trinajstić information content (AvgIpc) is 2.56. The van der Waals surface area contributed by atoms with Crippen LogP contribution in [0.4, 0.5) is 0 Å². The first-order chi connectivity index (χ1) is 11.5. The SMILES string of the molecule is Cc1cc(-c2ccccc2O)cc(C)c1-c1cccc(CO)c1C. The summed E-state index contributed by atoms with van der Waals surface area (Å²) < 4.78 is 0. The molecule has 0 aliphatic heterocycles. The van der Waals surface area contributed by atoms with Gasteiger partial charge >= 0.3 is 0 Å². The lowest BCUT2D eigenvalue weighted by molar-refractivity contribution is 0.281. The fourth-order valence-electron chi connectivity index (χ4n) is 3.39. The number of aliphatic hydroxyl groups is 1. The van der Waals surface area contributed by atoms with Crippen molar-refractivity contribution >= 4 is 0 Å². The third-order valence-corrected chi connectivity index (χ3v) is 4.63. The summed E-state index contributed by atoms with van der Waals surface area (Å²) in [4.78, 5) is 0. The molecule has 0 aliphatic rings. The van der Waals surface area contributed by atoms with Crippen molar-refractivity contribution in [1.29, 1.82) is 0 Å². The van der Waals surface area contributed by atoms with Crippen molar-refractivity contribution in [3.05, 3.63) is 76.9 Å². The quantitative estimate of drug-likeness (QED) is 0.701. The molecule has 0 bridgehead atoms. The van der Waals surface area contributed by atoms with Crippen LogP contribution in [-0.4, -0.2) is 10.2 Å². The van der Waals surface area contributed by atoms with Gasteiger partial charge in [0.2, 0.25) is 0 Å². The largest absolute Gasteiger partial charge is 0.507 e. The first-order valence-electron chi connectivity index (χ1n) is 8.12. The lowest BCUT2D eigenvalue weighted by atomic mass is 9.88. The van der Waals surface area contributed by atoms with E-state index in [1.807, 2.05) is 30.3 Å². The van der Waals surface area contributed by atoms with Crippen molar-refractivity contribution in [2.24, 2.45) is 0 Å². The summed E-state index contributed by atoms with van der Waals surface area (Å²) >= 11 is 0. The van der Waals surface area contributed by atoms with E-state index >= 15 is 0 Å². The number of hydrogen-bond donors (Lipinski definition) is 2. The van der Waals surface area contributed by atoms with Gasteiger partial charge in [-0.1, -0.05) is 48.5 Å². The molecule has 24 heavy (non-hydrogen) atoms. The van der Waals surface area contributed by atoms with E-state index in [0.29, 0.717) is 5.75 Å². The van der Waals surface area contributed by atoms with E-state index in [2.05, 4.69) is 39.0 Å². The van der Waals surface area contributed by atoms with Crippen molar-refractivity contribution in [2.75, 3.05) is 0 Å². The second-order valence-corrected chi connectivity index (χ2v) is 6.25. The zero-order valence-corrected chi connectivity index (χ0v) is 14.3. The minimum atomic E-state index is 0.0493. The minimum absolute atomic E-state index is 0.0493. The van der Waals surface area contributed by atoms with Gasteiger partial charge in [-0.3, -0.25) is 0 Å². The Morgan fingerprint density at radius 2 is 1.42 bits per heavy atom. The lowest BCUT2D eigenvalue weighted by Gasteiger charge is -2.17. The lowest BCUT2D eigenvalue weighted by Crippen LogP contribution is -1.96. The third-order valence-electron chi connectivity index (χ3n) is 4.63. The molecule has 0 fully saturated rings. The Morgan fingerprint density at radius 1 is 0.792 bits per heavy atom. The summed E-state index contributed by atoms with van der Waals surface area (Å²) in [5.41, 5.74) is 8.59. The van der Waals surface area contributed by atoms with Gasteiger partial charge in [-0.25, -0.2) is 0 Å². The molecule has 122 valence electrons. The van der Waals surface area contributed by atoms with Gasteiger partial charge in [0.15, 0.2) is 0 Å². The number of aryl methyl sites for hydroxylation is 2. The van der Waals surface area contributed by atoms with E-state index < -0.39 is 0 Å². The number of rotatable bonds is 3. The van der Waals surface area contributed by atoms with Crippen LogP contribution in [0.3, 0.4) is 0 Å². The fourth-order valence-corrected chi connectivity index (χ4v) is 3.39. The van der Waals surface area contributed by atoms with E-state index in [0.717, 1.165) is 38.9 Å². The van der Waals surface area contributed by atoms with Gasteiger partial charge < -0.3 is 10.2 Å². The van der Waals surface area contributed by atoms with Crippen molar-refractivity contribution in [1.82, 2.24) is 0 Å². The first kappa shape index (κ1) is 16.3. The summed E-state index contributed by atoms with van der Waals surface area (Å²) in [7, 11) is 0. The Kier molecular flexibility index (Phi) is 4.41. The minimum Gasteiger partial charge on any atom is -0.507 e. The van der Waals surface area contributed by atoms with Crippen LogP contribution in [0.25, 0.3) is 22.3 Å². The van der Waals surface area contributed by atoms with Crippen LogP contribution in [-0.2, 0) is 6.61 Å². The van der Waals surface area contributed by atoms with Crippen LogP contribution in [0.5, 0.6) is 5.75 Å². The number of hydrogen-bond acceptors (Lipinski definition) is 2. The second kappa shape index (κ2) is 6.50. The van der Waals surface area contributed by atoms with E-state index in [9.17, 15) is 10.2 Å². The number of para-hydroxylation sites is 1. The molecule has 0 saturated carbocycles. The number of aliphatic hydroxyl groups excluding tert-OH is 1. The van der Waals surface area contributed by atoms with Gasteiger partial charge in [-0.2, -0.15) is 0 Å². The molecule has 3 rings (SSSR count). The number of phenolic OH excluding ortho intramolecular Hbond substituents is 1. The Labute approximate surface area is 143 Å². The van der Waals surface area contributed by atoms with Crippen LogP contribution >= 0.6 is 0 Å². The summed E-state index contributed by atoms with van der Waals surface area (Å²) in [6.45, 7) is 6.29. The maximum atomic E-state index is 10.1. The van der Waals surface area contributed by atoms with Crippen molar-refractivity contribution < 1.29 is 10.2 Å². The monoisotopic (exact) mass is 318 g/mol. The van der Waals surface area contributed by atoms with Gasteiger partial charge in [0.25, 0.3) is 0 Å². The highest BCUT2D eigenvalue weighted by Crippen LogP contribution is 2.36. The third kappa shape index (κ3) is 2.81. The highest BCUT2D eigenvalue weighted by atomic mass is 16.3.